The van der Waals surface area contributed by atoms with E-state index in [-0.39, 0.29) is 20.6 Å². The van der Waals surface area contributed by atoms with Gasteiger partial charge in [-0.25, -0.2) is 8.78 Å². The van der Waals surface area contributed by atoms with Crippen molar-refractivity contribution < 1.29 is 18.5 Å². The second-order valence-electron chi connectivity index (χ2n) is 4.97. The van der Waals surface area contributed by atoms with Crippen molar-refractivity contribution in [3.63, 3.8) is 0 Å². The summed E-state index contributed by atoms with van der Waals surface area (Å²) in [5.74, 6) is -2.62. The van der Waals surface area contributed by atoms with Crippen molar-refractivity contribution in [1.29, 1.82) is 0 Å². The van der Waals surface area contributed by atoms with Gasteiger partial charge in [0, 0.05) is 18.2 Å². The molecule has 25 heavy (non-hydrogen) atoms. The van der Waals surface area contributed by atoms with Crippen molar-refractivity contribution in [2.24, 2.45) is 0 Å². The van der Waals surface area contributed by atoms with Crippen molar-refractivity contribution in [3.8, 4) is 0 Å². The number of halogens is 2. The summed E-state index contributed by atoms with van der Waals surface area (Å²) in [7, 11) is 0. The Labute approximate surface area is 150 Å². The Balaban J connectivity index is 1.94. The maximum Gasteiger partial charge on any atom is 0.270 e. The summed E-state index contributed by atoms with van der Waals surface area (Å²) < 4.78 is 26.6. The number of benzene rings is 2. The summed E-state index contributed by atoms with van der Waals surface area (Å²) in [6, 6.07) is 8.81. The minimum absolute atomic E-state index is 0.107. The van der Waals surface area contributed by atoms with Crippen LogP contribution >= 0.6 is 24.0 Å². The Morgan fingerprint density at radius 3 is 2.60 bits per heavy atom. The lowest BCUT2D eigenvalue weighted by molar-refractivity contribution is -0.384. The molecule has 5 nitrogen and oxygen atoms in total. The molecule has 3 rings (SSSR count). The zero-order chi connectivity index (χ0) is 18.1. The quantitative estimate of drug-likeness (QED) is 0.345. The average Bonchev–Trinajstić information content (AvgIpc) is 2.84. The third kappa shape index (κ3) is 3.42. The molecule has 0 radical (unpaired) electrons. The molecule has 1 fully saturated rings. The van der Waals surface area contributed by atoms with Crippen LogP contribution in [0.15, 0.2) is 47.4 Å². The predicted octanol–water partition coefficient (Wildman–Crippen LogP) is 4.28. The second kappa shape index (κ2) is 6.69. The number of thioether (sulfide) groups is 1. The molecule has 1 aliphatic rings. The highest BCUT2D eigenvalue weighted by Gasteiger charge is 2.33. The van der Waals surface area contributed by atoms with E-state index >= 15 is 0 Å². The van der Waals surface area contributed by atoms with Crippen LogP contribution in [-0.2, 0) is 4.79 Å². The molecule has 126 valence electrons. The highest BCUT2D eigenvalue weighted by molar-refractivity contribution is 8.27. The first-order chi connectivity index (χ1) is 11.9. The molecule has 0 atom stereocenters. The summed E-state index contributed by atoms with van der Waals surface area (Å²) in [6.07, 6.45) is 1.46. The zero-order valence-electron chi connectivity index (χ0n) is 12.3. The summed E-state index contributed by atoms with van der Waals surface area (Å²) in [6.45, 7) is 0. The van der Waals surface area contributed by atoms with Crippen LogP contribution in [0.25, 0.3) is 6.08 Å². The topological polar surface area (TPSA) is 63.4 Å². The van der Waals surface area contributed by atoms with Crippen LogP contribution in [0.1, 0.15) is 5.56 Å². The average molecular weight is 378 g/mol. The number of rotatable bonds is 3. The smallest absolute Gasteiger partial charge is 0.268 e. The van der Waals surface area contributed by atoms with Crippen molar-refractivity contribution >= 4 is 51.7 Å². The van der Waals surface area contributed by atoms with Crippen molar-refractivity contribution in [3.05, 3.63) is 74.7 Å². The Hall–Kier alpha value is -2.65. The van der Waals surface area contributed by atoms with Gasteiger partial charge in [-0.2, -0.15) is 0 Å². The number of thiocarbonyl (C=S) groups is 1. The van der Waals surface area contributed by atoms with E-state index in [4.69, 9.17) is 12.2 Å². The van der Waals surface area contributed by atoms with Crippen LogP contribution < -0.4 is 4.90 Å². The lowest BCUT2D eigenvalue weighted by Gasteiger charge is -2.14. The molecule has 0 spiro atoms. The number of nitro groups is 1. The highest BCUT2D eigenvalue weighted by Crippen LogP contribution is 2.36. The van der Waals surface area contributed by atoms with Crippen molar-refractivity contribution in [2.45, 2.75) is 0 Å². The molecule has 2 aromatic carbocycles. The predicted molar refractivity (Wildman–Crippen MR) is 95.1 cm³/mol. The first-order valence-electron chi connectivity index (χ1n) is 6.84. The number of carbonyl (C=O) groups is 1. The number of nitro benzene ring substituents is 1. The maximum atomic E-state index is 13.4. The van der Waals surface area contributed by atoms with Crippen LogP contribution in [0.5, 0.6) is 0 Å². The number of carbonyl (C=O) groups excluding carboxylic acids is 1. The van der Waals surface area contributed by atoms with Gasteiger partial charge < -0.3 is 0 Å². The zero-order valence-corrected chi connectivity index (χ0v) is 13.9. The first kappa shape index (κ1) is 17.2. The van der Waals surface area contributed by atoms with E-state index in [0.717, 1.165) is 28.8 Å². The van der Waals surface area contributed by atoms with Crippen LogP contribution in [-0.4, -0.2) is 15.2 Å². The number of amides is 1. The first-order valence-corrected chi connectivity index (χ1v) is 8.07. The van der Waals surface area contributed by atoms with Gasteiger partial charge in [0.1, 0.15) is 0 Å². The van der Waals surface area contributed by atoms with E-state index in [9.17, 15) is 23.7 Å². The van der Waals surface area contributed by atoms with Crippen LogP contribution in [0.4, 0.5) is 20.2 Å². The van der Waals surface area contributed by atoms with E-state index in [2.05, 4.69) is 0 Å². The van der Waals surface area contributed by atoms with Gasteiger partial charge in [-0.15, -0.1) is 0 Å². The van der Waals surface area contributed by atoms with Gasteiger partial charge in [0.25, 0.3) is 11.6 Å². The molecule has 0 bridgehead atoms. The van der Waals surface area contributed by atoms with Gasteiger partial charge >= 0.3 is 0 Å². The normalized spacial score (nSPS) is 15.9. The Morgan fingerprint density at radius 1 is 1.16 bits per heavy atom. The molecule has 1 heterocycles. The van der Waals surface area contributed by atoms with E-state index in [1.807, 2.05) is 0 Å². The van der Waals surface area contributed by atoms with E-state index < -0.39 is 22.5 Å². The monoisotopic (exact) mass is 378 g/mol. The van der Waals surface area contributed by atoms with Gasteiger partial charge in [0.05, 0.1) is 15.5 Å². The lowest BCUT2D eigenvalue weighted by atomic mass is 10.2. The lowest BCUT2D eigenvalue weighted by Crippen LogP contribution is -2.27. The Bertz CT molecular complexity index is 947. The molecule has 2 aromatic rings. The SMILES string of the molecule is O=C1/C(=C/c2cccc([N+](=O)[O-])c2)SC(=S)N1c1ccc(F)c(F)c1. The Morgan fingerprint density at radius 2 is 1.92 bits per heavy atom. The molecule has 9 heteroatoms. The van der Waals surface area contributed by atoms with Crippen LogP contribution in [0.3, 0.4) is 0 Å². The van der Waals surface area contributed by atoms with Crippen LogP contribution in [0.2, 0.25) is 0 Å². The van der Waals surface area contributed by atoms with E-state index in [0.29, 0.717) is 5.56 Å². The number of hydrogen-bond donors (Lipinski definition) is 0. The molecule has 0 saturated carbocycles. The van der Waals surface area contributed by atoms with Gasteiger partial charge in [0.2, 0.25) is 0 Å². The summed E-state index contributed by atoms with van der Waals surface area (Å²) >= 11 is 6.12. The Kier molecular flexibility index (Phi) is 4.60. The van der Waals surface area contributed by atoms with Crippen LogP contribution in [0, 0.1) is 21.7 Å². The fourth-order valence-electron chi connectivity index (χ4n) is 2.19. The van der Waals surface area contributed by atoms with Crippen molar-refractivity contribution in [1.82, 2.24) is 0 Å². The van der Waals surface area contributed by atoms with E-state index in [1.54, 1.807) is 6.07 Å². The number of non-ortho nitro benzene ring substituents is 1. The van der Waals surface area contributed by atoms with Gasteiger partial charge in [-0.3, -0.25) is 19.8 Å². The maximum absolute atomic E-state index is 13.4. The molecule has 1 amide bonds. The third-order valence-corrected chi connectivity index (χ3v) is 4.64. The molecule has 1 aliphatic heterocycles. The van der Waals surface area contributed by atoms with Gasteiger partial charge in [-0.05, 0) is 23.8 Å². The fourth-order valence-corrected chi connectivity index (χ4v) is 3.49. The molecule has 1 saturated heterocycles. The number of anilines is 1. The summed E-state index contributed by atoms with van der Waals surface area (Å²) in [4.78, 5) is 24.1. The molecule has 0 unspecified atom stereocenters. The molecule has 0 N–H and O–H groups in total. The molecular formula is C16H8F2N2O3S2. The summed E-state index contributed by atoms with van der Waals surface area (Å²) in [5, 5.41) is 10.8. The second-order valence-corrected chi connectivity index (χ2v) is 6.64. The number of nitrogens with zero attached hydrogens (tertiary/aromatic N) is 2. The highest BCUT2D eigenvalue weighted by atomic mass is 32.2. The standard InChI is InChI=1S/C16H8F2N2O3S2/c17-12-5-4-10(8-13(12)18)19-15(21)14(25-16(19)24)7-9-2-1-3-11(6-9)20(22)23/h1-8H/b14-7-. The van der Waals surface area contributed by atoms with Crippen molar-refractivity contribution in [2.75, 3.05) is 4.90 Å². The molecule has 0 aromatic heterocycles. The minimum atomic E-state index is -1.09. The van der Waals surface area contributed by atoms with Gasteiger partial charge in [0.15, 0.2) is 16.0 Å². The molecule has 0 aliphatic carbocycles. The van der Waals surface area contributed by atoms with E-state index in [1.165, 1.54) is 30.3 Å². The number of hydrogen-bond acceptors (Lipinski definition) is 5. The largest absolute Gasteiger partial charge is 0.270 e. The summed E-state index contributed by atoms with van der Waals surface area (Å²) in [5.41, 5.74) is 0.466. The fraction of sp³-hybridized carbons (Fsp3) is 0. The van der Waals surface area contributed by atoms with Gasteiger partial charge in [-0.1, -0.05) is 36.1 Å². The third-order valence-electron chi connectivity index (χ3n) is 3.33. The minimum Gasteiger partial charge on any atom is -0.268 e. The molecular weight excluding hydrogens is 370 g/mol.